The van der Waals surface area contributed by atoms with Crippen LogP contribution >= 0.6 is 15.9 Å². The lowest BCUT2D eigenvalue weighted by molar-refractivity contribution is 0.0994. The summed E-state index contributed by atoms with van der Waals surface area (Å²) < 4.78 is 19.3. The Morgan fingerprint density at radius 2 is 2.14 bits per heavy atom. The van der Waals surface area contributed by atoms with Crippen molar-refractivity contribution in [3.63, 3.8) is 0 Å². The van der Waals surface area contributed by atoms with Crippen molar-refractivity contribution in [1.29, 1.82) is 0 Å². The van der Waals surface area contributed by atoms with E-state index in [4.69, 9.17) is 4.42 Å². The number of hydrogen-bond acceptors (Lipinski definition) is 4. The Morgan fingerprint density at radius 3 is 2.73 bits per heavy atom. The molecule has 8 heteroatoms. The summed E-state index contributed by atoms with van der Waals surface area (Å²) in [6.07, 6.45) is 0. The Hall–Kier alpha value is -1.41. The molecule has 2 aromatic heterocycles. The van der Waals surface area contributed by atoms with Gasteiger partial charge in [0, 0.05) is 16.4 Å². The molecule has 22 heavy (non-hydrogen) atoms. The Morgan fingerprint density at radius 1 is 1.41 bits per heavy atom. The van der Waals surface area contributed by atoms with E-state index < -0.39 is 10.8 Å². The number of halogens is 1. The minimum absolute atomic E-state index is 0.210. The summed E-state index contributed by atoms with van der Waals surface area (Å²) in [7, 11) is -0.947. The average Bonchev–Trinajstić information content (AvgIpc) is 3.04. The zero-order chi connectivity index (χ0) is 16.1. The van der Waals surface area contributed by atoms with Gasteiger partial charge in [0.25, 0.3) is 5.91 Å². The number of aromatic nitrogens is 2. The number of furan rings is 1. The van der Waals surface area contributed by atoms with Crippen LogP contribution in [0.2, 0.25) is 0 Å². The van der Waals surface area contributed by atoms with Crippen LogP contribution in [0.1, 0.15) is 42.6 Å². The van der Waals surface area contributed by atoms with E-state index in [0.717, 1.165) is 11.3 Å². The number of anilines is 1. The van der Waals surface area contributed by atoms with Gasteiger partial charge in [0.15, 0.2) is 10.4 Å². The summed E-state index contributed by atoms with van der Waals surface area (Å²) in [4.78, 5) is 12.3. The van der Waals surface area contributed by atoms with Crippen LogP contribution in [0.5, 0.6) is 0 Å². The van der Waals surface area contributed by atoms with Gasteiger partial charge in [-0.2, -0.15) is 5.10 Å². The quantitative estimate of drug-likeness (QED) is 0.861. The largest absolute Gasteiger partial charge is 0.444 e. The monoisotopic (exact) mass is 385 g/mol. The Labute approximate surface area is 138 Å². The maximum Gasteiger partial charge on any atom is 0.292 e. The van der Waals surface area contributed by atoms with E-state index in [9.17, 15) is 9.00 Å². The summed E-state index contributed by atoms with van der Waals surface area (Å²) in [6.45, 7) is 6.02. The standard InChI is InChI=1S/C14H16BrN3O3S/c1-14(2,3)18-12(8-6-22(20)7-9(8)17-18)16-13(19)10-4-5-11(15)21-10/h4-5H,6-7H2,1-3H3,(H,16,19)/t22-/m1/s1. The number of hydrogen-bond donors (Lipinski definition) is 1. The molecule has 0 unspecified atom stereocenters. The smallest absolute Gasteiger partial charge is 0.292 e. The minimum Gasteiger partial charge on any atom is -0.444 e. The number of amides is 1. The molecule has 1 aliphatic rings. The lowest BCUT2D eigenvalue weighted by Crippen LogP contribution is -2.27. The molecule has 3 rings (SSSR count). The Bertz CT molecular complexity index is 773. The highest BCUT2D eigenvalue weighted by atomic mass is 79.9. The fraction of sp³-hybridized carbons (Fsp3) is 0.429. The number of rotatable bonds is 2. The third kappa shape index (κ3) is 2.77. The van der Waals surface area contributed by atoms with Crippen molar-refractivity contribution in [2.24, 2.45) is 0 Å². The minimum atomic E-state index is -0.947. The first-order valence-electron chi connectivity index (χ1n) is 6.78. The van der Waals surface area contributed by atoms with Crippen molar-refractivity contribution >= 4 is 38.5 Å². The zero-order valence-electron chi connectivity index (χ0n) is 12.5. The maximum atomic E-state index is 12.3. The van der Waals surface area contributed by atoms with Crippen LogP contribution in [0, 0.1) is 0 Å². The first kappa shape index (κ1) is 15.5. The van der Waals surface area contributed by atoms with Crippen LogP contribution in [-0.4, -0.2) is 19.9 Å². The number of nitrogens with one attached hydrogen (secondary N) is 1. The van der Waals surface area contributed by atoms with Gasteiger partial charge in [-0.25, -0.2) is 4.68 Å². The van der Waals surface area contributed by atoms with Gasteiger partial charge in [0.1, 0.15) is 5.82 Å². The number of fused-ring (bicyclic) bond motifs is 1. The van der Waals surface area contributed by atoms with Crippen LogP contribution in [-0.2, 0) is 27.8 Å². The fourth-order valence-electron chi connectivity index (χ4n) is 2.35. The van der Waals surface area contributed by atoms with Gasteiger partial charge in [-0.1, -0.05) is 0 Å². The maximum absolute atomic E-state index is 12.3. The summed E-state index contributed by atoms with van der Waals surface area (Å²) >= 11 is 3.18. The highest BCUT2D eigenvalue weighted by molar-refractivity contribution is 9.10. The van der Waals surface area contributed by atoms with Gasteiger partial charge in [0.05, 0.1) is 22.7 Å². The molecule has 0 aliphatic carbocycles. The molecule has 118 valence electrons. The predicted octanol–water partition coefficient (Wildman–Crippen LogP) is 3.01. The highest BCUT2D eigenvalue weighted by Gasteiger charge is 2.31. The molecule has 1 N–H and O–H groups in total. The molecule has 0 bridgehead atoms. The highest BCUT2D eigenvalue weighted by Crippen LogP contribution is 2.33. The zero-order valence-corrected chi connectivity index (χ0v) is 14.9. The van der Waals surface area contributed by atoms with Gasteiger partial charge in [-0.15, -0.1) is 0 Å². The molecule has 0 fully saturated rings. The van der Waals surface area contributed by atoms with Crippen LogP contribution in [0.3, 0.4) is 0 Å². The van der Waals surface area contributed by atoms with E-state index in [1.807, 2.05) is 20.8 Å². The van der Waals surface area contributed by atoms with Crippen LogP contribution in [0.15, 0.2) is 21.2 Å². The molecule has 0 radical (unpaired) electrons. The normalized spacial score (nSPS) is 17.5. The Balaban J connectivity index is 1.99. The fourth-order valence-corrected chi connectivity index (χ4v) is 3.92. The Kier molecular flexibility index (Phi) is 3.76. The average molecular weight is 386 g/mol. The number of carbonyl (C=O) groups is 1. The molecular formula is C14H16BrN3O3S. The van der Waals surface area contributed by atoms with Gasteiger partial charge in [-0.05, 0) is 48.8 Å². The molecule has 3 heterocycles. The van der Waals surface area contributed by atoms with Gasteiger partial charge in [0.2, 0.25) is 0 Å². The molecule has 0 saturated carbocycles. The molecule has 0 saturated heterocycles. The van der Waals surface area contributed by atoms with E-state index in [2.05, 4.69) is 26.3 Å². The van der Waals surface area contributed by atoms with E-state index in [1.54, 1.807) is 16.8 Å². The van der Waals surface area contributed by atoms with Crippen molar-refractivity contribution in [1.82, 2.24) is 9.78 Å². The second-order valence-corrected chi connectivity index (χ2v) is 8.38. The molecule has 1 amide bonds. The first-order valence-corrected chi connectivity index (χ1v) is 9.07. The van der Waals surface area contributed by atoms with Crippen molar-refractivity contribution in [2.45, 2.75) is 37.8 Å². The molecule has 2 aromatic rings. The lowest BCUT2D eigenvalue weighted by atomic mass is 10.1. The lowest BCUT2D eigenvalue weighted by Gasteiger charge is -2.23. The van der Waals surface area contributed by atoms with E-state index in [1.165, 1.54) is 0 Å². The van der Waals surface area contributed by atoms with E-state index in [-0.39, 0.29) is 17.2 Å². The van der Waals surface area contributed by atoms with Crippen molar-refractivity contribution in [3.8, 4) is 0 Å². The summed E-state index contributed by atoms with van der Waals surface area (Å²) in [6, 6.07) is 3.26. The summed E-state index contributed by atoms with van der Waals surface area (Å²) in [5.41, 5.74) is 1.36. The van der Waals surface area contributed by atoms with Gasteiger partial charge < -0.3 is 9.73 Å². The molecule has 0 spiro atoms. The number of carbonyl (C=O) groups excluding carboxylic acids is 1. The van der Waals surface area contributed by atoms with Crippen LogP contribution < -0.4 is 5.32 Å². The molecule has 6 nitrogen and oxygen atoms in total. The van der Waals surface area contributed by atoms with Crippen LogP contribution in [0.4, 0.5) is 5.82 Å². The molecule has 1 atom stereocenters. The van der Waals surface area contributed by atoms with E-state index in [0.29, 0.717) is 22.0 Å². The summed E-state index contributed by atoms with van der Waals surface area (Å²) in [5.74, 6) is 1.32. The molecular weight excluding hydrogens is 370 g/mol. The third-order valence-corrected chi connectivity index (χ3v) is 4.97. The first-order chi connectivity index (χ1) is 10.3. The second kappa shape index (κ2) is 5.34. The second-order valence-electron chi connectivity index (χ2n) is 6.14. The summed E-state index contributed by atoms with van der Waals surface area (Å²) in [5, 5.41) is 7.39. The van der Waals surface area contributed by atoms with Crippen molar-refractivity contribution in [3.05, 3.63) is 33.8 Å². The van der Waals surface area contributed by atoms with Crippen molar-refractivity contribution < 1.29 is 13.4 Å². The van der Waals surface area contributed by atoms with Gasteiger partial charge in [-0.3, -0.25) is 9.00 Å². The SMILES string of the molecule is CC(C)(C)n1nc2c(c1NC(=O)c1ccc(Br)o1)C[S@@](=O)C2. The molecule has 0 aromatic carbocycles. The van der Waals surface area contributed by atoms with Gasteiger partial charge >= 0.3 is 0 Å². The van der Waals surface area contributed by atoms with E-state index >= 15 is 0 Å². The molecule has 1 aliphatic heterocycles. The third-order valence-electron chi connectivity index (χ3n) is 3.33. The topological polar surface area (TPSA) is 77.1 Å². The predicted molar refractivity (Wildman–Crippen MR) is 87.1 cm³/mol. The van der Waals surface area contributed by atoms with Crippen LogP contribution in [0.25, 0.3) is 0 Å². The number of nitrogens with zero attached hydrogens (tertiary/aromatic N) is 2. The van der Waals surface area contributed by atoms with Crippen molar-refractivity contribution in [2.75, 3.05) is 5.32 Å².